The van der Waals surface area contributed by atoms with E-state index in [9.17, 15) is 14.0 Å². The first kappa shape index (κ1) is 22.4. The van der Waals surface area contributed by atoms with Gasteiger partial charge in [-0.05, 0) is 48.7 Å². The number of benzene rings is 1. The maximum Gasteiger partial charge on any atom is 0.321 e. The lowest BCUT2D eigenvalue weighted by Gasteiger charge is -2.11. The van der Waals surface area contributed by atoms with Crippen molar-refractivity contribution in [1.29, 1.82) is 0 Å². The minimum absolute atomic E-state index is 0.0345. The van der Waals surface area contributed by atoms with Gasteiger partial charge in [0.2, 0.25) is 5.91 Å². The van der Waals surface area contributed by atoms with Crippen LogP contribution in [0.15, 0.2) is 53.9 Å². The van der Waals surface area contributed by atoms with E-state index < -0.39 is 11.9 Å². The number of amides is 3. The van der Waals surface area contributed by atoms with Crippen molar-refractivity contribution in [1.82, 2.24) is 30.4 Å². The van der Waals surface area contributed by atoms with Gasteiger partial charge in [-0.1, -0.05) is 25.6 Å². The van der Waals surface area contributed by atoms with E-state index >= 15 is 0 Å². The first-order valence-electron chi connectivity index (χ1n) is 9.76. The molecule has 2 heterocycles. The average molecular weight is 443 g/mol. The Bertz CT molecular complexity index is 1020. The maximum absolute atomic E-state index is 13.4. The van der Waals surface area contributed by atoms with E-state index in [1.165, 1.54) is 12.1 Å². The summed E-state index contributed by atoms with van der Waals surface area (Å²) in [5.41, 5.74) is 1.42. The van der Waals surface area contributed by atoms with Gasteiger partial charge in [0.15, 0.2) is 11.0 Å². The van der Waals surface area contributed by atoms with E-state index in [1.54, 1.807) is 41.2 Å². The normalized spacial score (nSPS) is 10.8. The Hall–Kier alpha value is -3.27. The lowest BCUT2D eigenvalue weighted by atomic mass is 10.1. The third-order valence-electron chi connectivity index (χ3n) is 4.25. The quantitative estimate of drug-likeness (QED) is 0.518. The molecule has 0 aliphatic carbocycles. The van der Waals surface area contributed by atoms with Gasteiger partial charge in [0, 0.05) is 30.2 Å². The van der Waals surface area contributed by atoms with Crippen LogP contribution < -0.4 is 10.6 Å². The smallest absolute Gasteiger partial charge is 0.321 e. The first-order valence-corrected chi connectivity index (χ1v) is 10.7. The molecule has 162 valence electrons. The van der Waals surface area contributed by atoms with Crippen molar-refractivity contribution < 1.29 is 14.0 Å². The average Bonchev–Trinajstić information content (AvgIpc) is 3.17. The number of urea groups is 1. The minimum Gasteiger partial charge on any atom is -0.338 e. The Kier molecular flexibility index (Phi) is 7.71. The molecule has 31 heavy (non-hydrogen) atoms. The fourth-order valence-electron chi connectivity index (χ4n) is 2.69. The number of carbonyl (C=O) groups is 2. The molecule has 3 rings (SSSR count). The maximum atomic E-state index is 13.4. The molecule has 2 N–H and O–H groups in total. The van der Waals surface area contributed by atoms with Crippen LogP contribution in [0.4, 0.5) is 9.18 Å². The largest absolute Gasteiger partial charge is 0.338 e. The minimum atomic E-state index is -0.524. The zero-order valence-electron chi connectivity index (χ0n) is 17.2. The molecular weight excluding hydrogens is 419 g/mol. The van der Waals surface area contributed by atoms with Crippen molar-refractivity contribution in [2.24, 2.45) is 5.92 Å². The van der Waals surface area contributed by atoms with E-state index in [4.69, 9.17) is 0 Å². The van der Waals surface area contributed by atoms with Gasteiger partial charge < -0.3 is 5.32 Å². The van der Waals surface area contributed by atoms with Crippen molar-refractivity contribution >= 4 is 23.7 Å². The molecule has 3 aromatic rings. The molecule has 10 heteroatoms. The van der Waals surface area contributed by atoms with Gasteiger partial charge in [-0.2, -0.15) is 0 Å². The molecule has 1 aromatic carbocycles. The Morgan fingerprint density at radius 3 is 2.48 bits per heavy atom. The summed E-state index contributed by atoms with van der Waals surface area (Å²) >= 11 is 1.13. The molecule has 0 aliphatic heterocycles. The predicted octanol–water partition coefficient (Wildman–Crippen LogP) is 3.43. The zero-order valence-corrected chi connectivity index (χ0v) is 18.0. The van der Waals surface area contributed by atoms with Crippen molar-refractivity contribution in [2.75, 3.05) is 12.3 Å². The van der Waals surface area contributed by atoms with Crippen LogP contribution in [-0.2, 0) is 4.79 Å². The molecule has 0 unspecified atom stereocenters. The third-order valence-corrected chi connectivity index (χ3v) is 5.18. The lowest BCUT2D eigenvalue weighted by Crippen LogP contribution is -2.40. The van der Waals surface area contributed by atoms with Gasteiger partial charge in [0.05, 0.1) is 5.75 Å². The molecule has 0 aliphatic rings. The fraction of sp³-hybridized carbons (Fsp3) is 0.286. The molecule has 8 nitrogen and oxygen atoms in total. The SMILES string of the molecule is CC(C)CCNC(=O)NC(=O)CSc1nnc(-c2ccncc2)n1-c1ccc(F)cc1. The van der Waals surface area contributed by atoms with E-state index in [0.29, 0.717) is 29.1 Å². The van der Waals surface area contributed by atoms with Gasteiger partial charge in [-0.15, -0.1) is 10.2 Å². The van der Waals surface area contributed by atoms with Gasteiger partial charge in [-0.3, -0.25) is 19.7 Å². The number of nitrogens with zero attached hydrogens (tertiary/aromatic N) is 4. The van der Waals surface area contributed by atoms with Crippen molar-refractivity contribution in [3.63, 3.8) is 0 Å². The van der Waals surface area contributed by atoms with Crippen LogP contribution in [0.5, 0.6) is 0 Å². The van der Waals surface area contributed by atoms with Gasteiger partial charge >= 0.3 is 6.03 Å². The number of hydrogen-bond donors (Lipinski definition) is 2. The number of halogens is 1. The molecule has 0 bridgehead atoms. The summed E-state index contributed by atoms with van der Waals surface area (Å²) in [7, 11) is 0. The summed E-state index contributed by atoms with van der Waals surface area (Å²) in [4.78, 5) is 28.0. The number of nitrogens with one attached hydrogen (secondary N) is 2. The molecule has 0 saturated heterocycles. The number of thioether (sulfide) groups is 1. The van der Waals surface area contributed by atoms with E-state index in [2.05, 4.69) is 39.7 Å². The summed E-state index contributed by atoms with van der Waals surface area (Å²) in [6.45, 7) is 4.61. The number of aromatic nitrogens is 4. The van der Waals surface area contributed by atoms with Crippen LogP contribution in [0.3, 0.4) is 0 Å². The monoisotopic (exact) mass is 442 g/mol. The molecule has 0 fully saturated rings. The standard InChI is InChI=1S/C21H23FN6O2S/c1-14(2)7-12-24-20(30)25-18(29)13-31-21-27-26-19(15-8-10-23-11-9-15)28(21)17-5-3-16(22)4-6-17/h3-6,8-11,14H,7,12-13H2,1-2H3,(H2,24,25,29,30). The first-order chi connectivity index (χ1) is 14.9. The molecular formula is C21H23FN6O2S. The summed E-state index contributed by atoms with van der Waals surface area (Å²) in [5.74, 6) is 0.139. The van der Waals surface area contributed by atoms with E-state index in [0.717, 1.165) is 23.7 Å². The van der Waals surface area contributed by atoms with Crippen LogP contribution in [0, 0.1) is 11.7 Å². The van der Waals surface area contributed by atoms with E-state index in [1.807, 2.05) is 0 Å². The second-order valence-electron chi connectivity index (χ2n) is 7.13. The Morgan fingerprint density at radius 1 is 1.10 bits per heavy atom. The Labute approximate surface area is 183 Å². The number of hydrogen-bond acceptors (Lipinski definition) is 6. The summed E-state index contributed by atoms with van der Waals surface area (Å²) in [5, 5.41) is 13.8. The highest BCUT2D eigenvalue weighted by Crippen LogP contribution is 2.27. The Balaban J connectivity index is 1.72. The van der Waals surface area contributed by atoms with Gasteiger partial charge in [0.25, 0.3) is 0 Å². The molecule has 0 radical (unpaired) electrons. The van der Waals surface area contributed by atoms with Gasteiger partial charge in [-0.25, -0.2) is 9.18 Å². The van der Waals surface area contributed by atoms with Crippen LogP contribution in [-0.4, -0.2) is 44.0 Å². The number of rotatable bonds is 8. The summed E-state index contributed by atoms with van der Waals surface area (Å²) in [6, 6.07) is 8.94. The summed E-state index contributed by atoms with van der Waals surface area (Å²) in [6.07, 6.45) is 4.10. The molecule has 2 aromatic heterocycles. The van der Waals surface area contributed by atoms with Crippen LogP contribution in [0.25, 0.3) is 17.1 Å². The Morgan fingerprint density at radius 2 is 1.81 bits per heavy atom. The van der Waals surface area contributed by atoms with Crippen LogP contribution >= 0.6 is 11.8 Å². The fourth-order valence-corrected chi connectivity index (χ4v) is 3.44. The van der Waals surface area contributed by atoms with Crippen LogP contribution in [0.1, 0.15) is 20.3 Å². The van der Waals surface area contributed by atoms with Crippen molar-refractivity contribution in [3.8, 4) is 17.1 Å². The van der Waals surface area contributed by atoms with Crippen LogP contribution in [0.2, 0.25) is 0 Å². The highest BCUT2D eigenvalue weighted by atomic mass is 32.2. The highest BCUT2D eigenvalue weighted by molar-refractivity contribution is 7.99. The van der Waals surface area contributed by atoms with Crippen molar-refractivity contribution in [3.05, 3.63) is 54.6 Å². The number of carbonyl (C=O) groups excluding carboxylic acids is 2. The molecule has 0 atom stereocenters. The van der Waals surface area contributed by atoms with E-state index in [-0.39, 0.29) is 11.6 Å². The van der Waals surface area contributed by atoms with Gasteiger partial charge in [0.1, 0.15) is 5.82 Å². The molecule has 0 saturated carbocycles. The lowest BCUT2D eigenvalue weighted by molar-refractivity contribution is -0.117. The third kappa shape index (κ3) is 6.35. The topological polar surface area (TPSA) is 102 Å². The molecule has 0 spiro atoms. The number of imide groups is 1. The second-order valence-corrected chi connectivity index (χ2v) is 8.07. The predicted molar refractivity (Wildman–Crippen MR) is 116 cm³/mol. The zero-order chi connectivity index (χ0) is 22.2. The highest BCUT2D eigenvalue weighted by Gasteiger charge is 2.18. The number of pyridine rings is 1. The second kappa shape index (κ2) is 10.7. The molecule has 3 amide bonds. The van der Waals surface area contributed by atoms with Crippen molar-refractivity contribution in [2.45, 2.75) is 25.4 Å². The summed E-state index contributed by atoms with van der Waals surface area (Å²) < 4.78 is 15.1.